The van der Waals surface area contributed by atoms with E-state index in [1.807, 2.05) is 48.5 Å². The zero-order valence-corrected chi connectivity index (χ0v) is 35.2. The van der Waals surface area contributed by atoms with Crippen molar-refractivity contribution in [2.45, 2.75) is 133 Å². The van der Waals surface area contributed by atoms with E-state index in [1.54, 1.807) is 0 Å². The number of nitriles is 2. The molecule has 6 unspecified atom stereocenters. The van der Waals surface area contributed by atoms with Gasteiger partial charge < -0.3 is 29.8 Å². The number of hydrogen-bond donors (Lipinski definition) is 2. The highest BCUT2D eigenvalue weighted by atomic mass is 16.3. The summed E-state index contributed by atoms with van der Waals surface area (Å²) in [6.45, 7) is 5.33. The molecule has 10 nitrogen and oxygen atoms in total. The lowest BCUT2D eigenvalue weighted by molar-refractivity contribution is -0.168. The van der Waals surface area contributed by atoms with Gasteiger partial charge in [0.25, 0.3) is 0 Å². The summed E-state index contributed by atoms with van der Waals surface area (Å²) in [5.74, 6) is 3.80. The van der Waals surface area contributed by atoms with Gasteiger partial charge in [0.1, 0.15) is 0 Å². The Kier molecular flexibility index (Phi) is 10.1. The lowest BCUT2D eigenvalue weighted by Crippen LogP contribution is -2.65. The topological polar surface area (TPSA) is 135 Å². The van der Waals surface area contributed by atoms with Crippen LogP contribution in [-0.4, -0.2) is 94.4 Å². The number of likely N-dealkylation sites (tertiary alicyclic amines) is 2. The van der Waals surface area contributed by atoms with Crippen molar-refractivity contribution in [1.29, 1.82) is 10.5 Å². The number of anilines is 2. The van der Waals surface area contributed by atoms with Gasteiger partial charge in [0.2, 0.25) is 11.8 Å². The third kappa shape index (κ3) is 6.51. The number of carbonyl (C=O) groups excluding carboxylic acids is 2. The third-order valence-corrected chi connectivity index (χ3v) is 18.4. The van der Waals surface area contributed by atoms with Gasteiger partial charge >= 0.3 is 0 Å². The number of amides is 2. The molecule has 14 rings (SSSR count). The summed E-state index contributed by atoms with van der Waals surface area (Å²) < 4.78 is 0. The van der Waals surface area contributed by atoms with Crippen molar-refractivity contribution in [3.8, 4) is 12.1 Å². The lowest BCUT2D eigenvalue weighted by atomic mass is 9.51. The van der Waals surface area contributed by atoms with Crippen molar-refractivity contribution in [3.05, 3.63) is 59.7 Å². The lowest BCUT2D eigenvalue weighted by Gasteiger charge is -2.61. The molecule has 4 heterocycles. The quantitative estimate of drug-likeness (QED) is 0.329. The second-order valence-electron chi connectivity index (χ2n) is 21.7. The molecule has 0 aromatic heterocycles. The van der Waals surface area contributed by atoms with Gasteiger partial charge in [-0.25, -0.2) is 0 Å². The van der Waals surface area contributed by atoms with Crippen LogP contribution in [0.3, 0.4) is 0 Å². The largest absolute Gasteiger partial charge is 0.393 e. The van der Waals surface area contributed by atoms with Crippen LogP contribution in [0.25, 0.3) is 0 Å². The second-order valence-corrected chi connectivity index (χ2v) is 21.7. The van der Waals surface area contributed by atoms with Crippen LogP contribution < -0.4 is 9.80 Å². The average Bonchev–Trinajstić information content (AvgIpc) is 3.75. The maximum atomic E-state index is 14.0. The van der Waals surface area contributed by atoms with E-state index in [1.165, 1.54) is 25.7 Å². The number of carbonyl (C=O) groups is 2. The van der Waals surface area contributed by atoms with Crippen LogP contribution in [0.5, 0.6) is 0 Å². The van der Waals surface area contributed by atoms with Crippen molar-refractivity contribution < 1.29 is 19.8 Å². The van der Waals surface area contributed by atoms with E-state index in [4.69, 9.17) is 10.5 Å². The smallest absolute Gasteiger partial charge is 0.231 e. The first kappa shape index (κ1) is 40.9. The fourth-order valence-corrected chi connectivity index (χ4v) is 16.1. The Morgan fingerprint density at radius 3 is 1.23 bits per heavy atom. The molecule has 2 amide bonds. The SMILES string of the molecule is C.N#Cc1ccc(N2CCCC3(CCN(C45CC6CC(C4)C(O)C(C6)C5)C3=O)C2)cc1.N#Cc1ccc(N2CCCC3(CCN(C45CC6CC(C4)C(O)C(C6)C5)C3=O)C2)cc1. The maximum Gasteiger partial charge on any atom is 0.231 e. The van der Waals surface area contributed by atoms with Crippen LogP contribution >= 0.6 is 0 Å². The molecule has 6 atom stereocenters. The summed E-state index contributed by atoms with van der Waals surface area (Å²) in [6.07, 6.45) is 16.8. The molecule has 8 saturated carbocycles. The summed E-state index contributed by atoms with van der Waals surface area (Å²) in [4.78, 5) is 37.2. The van der Waals surface area contributed by atoms with Crippen LogP contribution in [0.2, 0.25) is 0 Å². The molecule has 12 fully saturated rings. The minimum absolute atomic E-state index is 0. The van der Waals surface area contributed by atoms with Crippen molar-refractivity contribution >= 4 is 23.2 Å². The molecular weight excluding hydrogens is 761 g/mol. The second kappa shape index (κ2) is 15.0. The number of hydrogen-bond acceptors (Lipinski definition) is 8. The van der Waals surface area contributed by atoms with Crippen LogP contribution in [0, 0.1) is 69.0 Å². The summed E-state index contributed by atoms with van der Waals surface area (Å²) >= 11 is 0. The van der Waals surface area contributed by atoms with Gasteiger partial charge in [0.15, 0.2) is 0 Å². The molecule has 12 aliphatic rings. The molecule has 10 heteroatoms. The molecule has 8 aliphatic carbocycles. The number of nitrogens with zero attached hydrogens (tertiary/aromatic N) is 6. The van der Waals surface area contributed by atoms with Crippen LogP contribution in [0.4, 0.5) is 11.4 Å². The molecule has 0 radical (unpaired) electrons. The van der Waals surface area contributed by atoms with Gasteiger partial charge in [-0.3, -0.25) is 9.59 Å². The van der Waals surface area contributed by atoms with Crippen molar-refractivity contribution in [3.63, 3.8) is 0 Å². The summed E-state index contributed by atoms with van der Waals surface area (Å²) in [5, 5.41) is 39.5. The first-order valence-electron chi connectivity index (χ1n) is 23.5. The predicted octanol–water partition coefficient (Wildman–Crippen LogP) is 7.27. The Bertz CT molecular complexity index is 1930. The van der Waals surface area contributed by atoms with Gasteiger partial charge in [-0.2, -0.15) is 10.5 Å². The third-order valence-electron chi connectivity index (χ3n) is 18.4. The fraction of sp³-hybridized carbons (Fsp3) is 0.686. The highest BCUT2D eigenvalue weighted by Crippen LogP contribution is 2.61. The Morgan fingerprint density at radius 1 is 0.525 bits per heavy atom. The number of piperidine rings is 2. The standard InChI is InChI=1S/2C25H31N3O2.CH4/c2*26-15-17-2-4-21(5-3-17)27-8-1-6-24(16-27)7-9-28(23(24)30)25-12-18-10-19(13-25)22(29)20(11-18)14-25;/h2*2-5,18-20,22,29H,1,6-14,16H2;1H4. The van der Waals surface area contributed by atoms with Crippen LogP contribution in [-0.2, 0) is 9.59 Å². The molecule has 2 spiro atoms. The van der Waals surface area contributed by atoms with Gasteiger partial charge in [-0.05, 0) is 187 Å². The van der Waals surface area contributed by atoms with Crippen LogP contribution in [0.15, 0.2) is 48.5 Å². The molecule has 2 N–H and O–H groups in total. The zero-order valence-electron chi connectivity index (χ0n) is 35.2. The first-order chi connectivity index (χ1) is 29.0. The van der Waals surface area contributed by atoms with Gasteiger partial charge in [0.05, 0.1) is 46.3 Å². The van der Waals surface area contributed by atoms with Crippen LogP contribution in [0.1, 0.15) is 121 Å². The Morgan fingerprint density at radius 2 is 0.885 bits per heavy atom. The highest BCUT2D eigenvalue weighted by molar-refractivity contribution is 5.87. The van der Waals surface area contributed by atoms with E-state index in [0.717, 1.165) is 128 Å². The van der Waals surface area contributed by atoms with Crippen molar-refractivity contribution in [1.82, 2.24) is 9.80 Å². The molecule has 4 aliphatic heterocycles. The van der Waals surface area contributed by atoms with E-state index < -0.39 is 0 Å². The number of rotatable bonds is 4. The van der Waals surface area contributed by atoms with Crippen molar-refractivity contribution in [2.75, 3.05) is 49.1 Å². The highest BCUT2D eigenvalue weighted by Gasteiger charge is 2.63. The van der Waals surface area contributed by atoms with E-state index >= 15 is 0 Å². The summed E-state index contributed by atoms with van der Waals surface area (Å²) in [6, 6.07) is 20.0. The Labute approximate surface area is 362 Å². The molecule has 8 bridgehead atoms. The monoisotopic (exact) mass is 827 g/mol. The molecule has 2 aromatic carbocycles. The number of benzene rings is 2. The average molecular weight is 827 g/mol. The zero-order chi connectivity index (χ0) is 41.0. The Balaban J connectivity index is 0.000000144. The molecule has 4 saturated heterocycles. The number of aliphatic hydroxyl groups is 2. The molecular formula is C51H66N6O4. The molecule has 324 valence electrons. The van der Waals surface area contributed by atoms with E-state index in [0.29, 0.717) is 58.4 Å². The van der Waals surface area contributed by atoms with Gasteiger partial charge in [-0.15, -0.1) is 0 Å². The Hall–Kier alpha value is -4.12. The van der Waals surface area contributed by atoms with E-state index in [9.17, 15) is 19.8 Å². The van der Waals surface area contributed by atoms with E-state index in [-0.39, 0.29) is 41.5 Å². The minimum atomic E-state index is -0.256. The summed E-state index contributed by atoms with van der Waals surface area (Å²) in [5.41, 5.74) is 3.13. The normalized spacial score (nSPS) is 41.5. The first-order valence-corrected chi connectivity index (χ1v) is 23.5. The molecule has 61 heavy (non-hydrogen) atoms. The molecule has 2 aromatic rings. The van der Waals surface area contributed by atoms with Crippen molar-refractivity contribution in [2.24, 2.45) is 46.3 Å². The predicted molar refractivity (Wildman–Crippen MR) is 234 cm³/mol. The number of aliphatic hydroxyl groups excluding tert-OH is 2. The minimum Gasteiger partial charge on any atom is -0.393 e. The van der Waals surface area contributed by atoms with Gasteiger partial charge in [0, 0.05) is 61.7 Å². The summed E-state index contributed by atoms with van der Waals surface area (Å²) in [7, 11) is 0. The van der Waals surface area contributed by atoms with E-state index in [2.05, 4.69) is 31.7 Å². The maximum absolute atomic E-state index is 14.0. The fourth-order valence-electron chi connectivity index (χ4n) is 16.1. The van der Waals surface area contributed by atoms with Gasteiger partial charge in [-0.1, -0.05) is 7.43 Å².